The fourth-order valence-corrected chi connectivity index (χ4v) is 3.85. The Labute approximate surface area is 203 Å². The summed E-state index contributed by atoms with van der Waals surface area (Å²) in [6, 6.07) is 6.14. The summed E-state index contributed by atoms with van der Waals surface area (Å²) >= 11 is 17.9. The summed E-state index contributed by atoms with van der Waals surface area (Å²) < 4.78 is 28.0. The molecule has 2 aliphatic rings. The van der Waals surface area contributed by atoms with E-state index in [2.05, 4.69) is 16.0 Å². The first-order valence-electron chi connectivity index (χ1n) is 10.0. The van der Waals surface area contributed by atoms with Gasteiger partial charge < -0.3 is 16.0 Å². The molecule has 1 atom stereocenters. The van der Waals surface area contributed by atoms with Gasteiger partial charge in [-0.15, -0.1) is 23.2 Å². The Morgan fingerprint density at radius 1 is 1.03 bits per heavy atom. The molecule has 1 unspecified atom stereocenters. The maximum atomic E-state index is 14.9. The Kier molecular flexibility index (Phi) is 6.05. The monoisotopic (exact) mass is 515 g/mol. The number of rotatable bonds is 6. The molecule has 4 rings (SSSR count). The smallest absolute Gasteiger partial charge is 0.257 e. The number of nitrogens with one attached hydrogen (secondary N) is 3. The molecule has 0 aromatic heterocycles. The van der Waals surface area contributed by atoms with E-state index >= 15 is 0 Å². The summed E-state index contributed by atoms with van der Waals surface area (Å²) in [5.41, 5.74) is -1.45. The molecule has 3 amide bonds. The lowest BCUT2D eigenvalue weighted by molar-refractivity contribution is -0.120. The molecule has 2 aromatic rings. The maximum absolute atomic E-state index is 14.9. The number of amides is 3. The maximum Gasteiger partial charge on any atom is 0.257 e. The molecular formula is C22H18Cl3F2N3O3. The van der Waals surface area contributed by atoms with Crippen molar-refractivity contribution < 1.29 is 23.2 Å². The lowest BCUT2D eigenvalue weighted by atomic mass is 10.1. The van der Waals surface area contributed by atoms with E-state index in [1.54, 1.807) is 6.92 Å². The Morgan fingerprint density at radius 3 is 2.30 bits per heavy atom. The number of benzene rings is 2. The van der Waals surface area contributed by atoms with Crippen molar-refractivity contribution >= 4 is 69.6 Å². The van der Waals surface area contributed by atoms with Crippen molar-refractivity contribution in [3.63, 3.8) is 0 Å². The van der Waals surface area contributed by atoms with Gasteiger partial charge in [-0.1, -0.05) is 18.5 Å². The highest BCUT2D eigenvalue weighted by atomic mass is 35.5. The summed E-state index contributed by atoms with van der Waals surface area (Å²) in [7, 11) is 0. The van der Waals surface area contributed by atoms with Crippen molar-refractivity contribution in [2.75, 3.05) is 16.0 Å². The molecule has 6 nitrogen and oxygen atoms in total. The molecule has 0 bridgehead atoms. The predicted octanol–water partition coefficient (Wildman–Crippen LogP) is 5.74. The molecule has 0 radical (unpaired) electrons. The summed E-state index contributed by atoms with van der Waals surface area (Å²) in [6.07, 6.45) is 1.56. The Hall–Kier alpha value is -2.42. The molecule has 174 valence electrons. The van der Waals surface area contributed by atoms with Crippen LogP contribution in [0.25, 0.3) is 0 Å². The van der Waals surface area contributed by atoms with E-state index in [4.69, 9.17) is 34.8 Å². The van der Waals surface area contributed by atoms with Crippen LogP contribution in [-0.2, 0) is 9.59 Å². The average Bonchev–Trinajstić information content (AvgIpc) is 3.65. The number of alkyl halides is 2. The van der Waals surface area contributed by atoms with E-state index in [1.807, 2.05) is 0 Å². The van der Waals surface area contributed by atoms with Gasteiger partial charge in [-0.05, 0) is 49.6 Å². The minimum absolute atomic E-state index is 0.0404. The normalized spacial score (nSPS) is 19.4. The molecule has 0 aliphatic heterocycles. The zero-order valence-corrected chi connectivity index (χ0v) is 19.5. The van der Waals surface area contributed by atoms with Crippen molar-refractivity contribution in [2.24, 2.45) is 11.3 Å². The van der Waals surface area contributed by atoms with Crippen LogP contribution in [-0.4, -0.2) is 22.1 Å². The van der Waals surface area contributed by atoms with E-state index < -0.39 is 50.7 Å². The van der Waals surface area contributed by atoms with Gasteiger partial charge in [0.05, 0.1) is 22.2 Å². The second-order valence-electron chi connectivity index (χ2n) is 8.45. The topological polar surface area (TPSA) is 87.3 Å². The van der Waals surface area contributed by atoms with E-state index in [1.165, 1.54) is 18.2 Å². The fourth-order valence-electron chi connectivity index (χ4n) is 3.14. The summed E-state index contributed by atoms with van der Waals surface area (Å²) in [5.74, 6) is -4.39. The summed E-state index contributed by atoms with van der Waals surface area (Å²) in [4.78, 5) is 37.2. The largest absolute Gasteiger partial charge is 0.326 e. The molecule has 0 spiro atoms. The predicted molar refractivity (Wildman–Crippen MR) is 123 cm³/mol. The highest BCUT2D eigenvalue weighted by Crippen LogP contribution is 2.53. The van der Waals surface area contributed by atoms with Crippen LogP contribution in [0.15, 0.2) is 30.3 Å². The van der Waals surface area contributed by atoms with Crippen molar-refractivity contribution in [3.8, 4) is 0 Å². The molecule has 2 saturated carbocycles. The number of carbonyl (C=O) groups is 3. The quantitative estimate of drug-likeness (QED) is 0.428. The Bertz CT molecular complexity index is 1180. The number of halogens is 5. The number of anilines is 3. The minimum Gasteiger partial charge on any atom is -0.326 e. The van der Waals surface area contributed by atoms with Gasteiger partial charge in [-0.2, -0.15) is 0 Å². The van der Waals surface area contributed by atoms with Crippen LogP contribution in [0.4, 0.5) is 25.8 Å². The number of hydrogen-bond acceptors (Lipinski definition) is 3. The third-order valence-electron chi connectivity index (χ3n) is 5.75. The Morgan fingerprint density at radius 2 is 1.70 bits per heavy atom. The molecule has 2 aliphatic carbocycles. The van der Waals surface area contributed by atoms with E-state index in [0.717, 1.165) is 12.1 Å². The lowest BCUT2D eigenvalue weighted by Gasteiger charge is -2.15. The van der Waals surface area contributed by atoms with Crippen molar-refractivity contribution in [1.82, 2.24) is 0 Å². The van der Waals surface area contributed by atoms with Crippen molar-refractivity contribution in [3.05, 3.63) is 52.6 Å². The highest BCUT2D eigenvalue weighted by Gasteiger charge is 2.56. The van der Waals surface area contributed by atoms with Crippen LogP contribution >= 0.6 is 34.8 Å². The molecule has 2 aromatic carbocycles. The molecule has 0 saturated heterocycles. The zero-order chi connectivity index (χ0) is 24.1. The number of hydrogen-bond donors (Lipinski definition) is 3. The number of carbonyl (C=O) groups excluding carboxylic acids is 3. The van der Waals surface area contributed by atoms with Crippen LogP contribution in [0, 0.1) is 23.0 Å². The van der Waals surface area contributed by atoms with Crippen LogP contribution in [0.2, 0.25) is 5.02 Å². The van der Waals surface area contributed by atoms with Crippen molar-refractivity contribution in [2.45, 2.75) is 30.5 Å². The van der Waals surface area contributed by atoms with Gasteiger partial charge in [0, 0.05) is 11.1 Å². The highest BCUT2D eigenvalue weighted by molar-refractivity contribution is 6.52. The molecule has 33 heavy (non-hydrogen) atoms. The van der Waals surface area contributed by atoms with E-state index in [0.29, 0.717) is 19.3 Å². The van der Waals surface area contributed by atoms with E-state index in [-0.39, 0.29) is 22.0 Å². The molecule has 0 heterocycles. The van der Waals surface area contributed by atoms with Gasteiger partial charge in [-0.3, -0.25) is 14.4 Å². The van der Waals surface area contributed by atoms with Gasteiger partial charge >= 0.3 is 0 Å². The van der Waals surface area contributed by atoms with Gasteiger partial charge in [-0.25, -0.2) is 8.78 Å². The van der Waals surface area contributed by atoms with Gasteiger partial charge in [0.1, 0.15) is 15.8 Å². The molecule has 3 N–H and O–H groups in total. The third kappa shape index (κ3) is 4.93. The first-order valence-corrected chi connectivity index (χ1v) is 11.1. The third-order valence-corrected chi connectivity index (χ3v) is 6.91. The average molecular weight is 517 g/mol. The van der Waals surface area contributed by atoms with Crippen molar-refractivity contribution in [1.29, 1.82) is 0 Å². The SMILES string of the molecule is CC1(C(=O)Nc2c(F)ccc(NC(=O)c3cc(NC(=O)C4CC4(Cl)Cl)ccc3Cl)c2F)CC1. The van der Waals surface area contributed by atoms with Crippen LogP contribution < -0.4 is 16.0 Å². The summed E-state index contributed by atoms with van der Waals surface area (Å²) in [5, 5.41) is 7.22. The Balaban J connectivity index is 1.51. The lowest BCUT2D eigenvalue weighted by Crippen LogP contribution is -2.23. The van der Waals surface area contributed by atoms with Crippen LogP contribution in [0.1, 0.15) is 36.5 Å². The molecule has 11 heteroatoms. The zero-order valence-electron chi connectivity index (χ0n) is 17.2. The van der Waals surface area contributed by atoms with Gasteiger partial charge in [0.25, 0.3) is 5.91 Å². The van der Waals surface area contributed by atoms with Crippen LogP contribution in [0.5, 0.6) is 0 Å². The van der Waals surface area contributed by atoms with E-state index in [9.17, 15) is 23.2 Å². The first-order chi connectivity index (χ1) is 15.4. The van der Waals surface area contributed by atoms with Gasteiger partial charge in [0.2, 0.25) is 11.8 Å². The standard InChI is InChI=1S/C22H18Cl3F2N3O3/c1-21(6-7-21)20(33)30-17-14(26)4-5-15(16(17)27)29-18(31)11-8-10(2-3-13(11)23)28-19(32)12-9-22(12,24)25/h2-5,8,12H,6-7,9H2,1H3,(H,28,32)(H,29,31)(H,30,33). The fraction of sp³-hybridized carbons (Fsp3) is 0.318. The van der Waals surface area contributed by atoms with Crippen LogP contribution in [0.3, 0.4) is 0 Å². The van der Waals surface area contributed by atoms with Gasteiger partial charge in [0.15, 0.2) is 5.82 Å². The molecule has 2 fully saturated rings. The second kappa shape index (κ2) is 8.42. The second-order valence-corrected chi connectivity index (χ2v) is 10.4. The minimum atomic E-state index is -1.13. The molecular weight excluding hydrogens is 499 g/mol. The first kappa shape index (κ1) is 23.7. The summed E-state index contributed by atoms with van der Waals surface area (Å²) in [6.45, 7) is 1.70.